The van der Waals surface area contributed by atoms with E-state index in [1.165, 1.54) is 35.3 Å². The Morgan fingerprint density at radius 1 is 1.26 bits per heavy atom. The molecule has 1 aromatic carbocycles. The molecule has 4 rings (SSSR count). The number of halogens is 1. The van der Waals surface area contributed by atoms with Crippen LogP contribution in [0.2, 0.25) is 0 Å². The number of aromatic nitrogens is 2. The number of piperidine rings is 1. The number of aromatic carboxylic acids is 1. The summed E-state index contributed by atoms with van der Waals surface area (Å²) in [5.41, 5.74) is 7.04. The van der Waals surface area contributed by atoms with Crippen molar-refractivity contribution in [3.05, 3.63) is 46.9 Å². The summed E-state index contributed by atoms with van der Waals surface area (Å²) in [4.78, 5) is 17.8. The van der Waals surface area contributed by atoms with Gasteiger partial charge in [0.25, 0.3) is 0 Å². The first kappa shape index (κ1) is 23.1. The van der Waals surface area contributed by atoms with Gasteiger partial charge in [-0.2, -0.15) is 0 Å². The number of hydrogen-bond donors (Lipinski definition) is 2. The summed E-state index contributed by atoms with van der Waals surface area (Å²) in [6.07, 6.45) is 3.53. The number of likely N-dealkylation sites (tertiary alicyclic amines) is 1. The SMILES string of the molecule is CC(C)N.O=C(O)c1csc(-c2c(-c3ccc(F)cc3)noc2CN2CCCCC2)n1. The van der Waals surface area contributed by atoms with Gasteiger partial charge in [0.05, 0.1) is 12.1 Å². The van der Waals surface area contributed by atoms with E-state index in [1.807, 2.05) is 13.8 Å². The fourth-order valence-electron chi connectivity index (χ4n) is 3.26. The molecule has 0 aliphatic carbocycles. The van der Waals surface area contributed by atoms with Crippen LogP contribution in [0.25, 0.3) is 21.8 Å². The standard InChI is InChI=1S/C19H18FN3O3S.C3H9N/c20-13-6-4-12(5-7-13)17-16(18-21-14(11-27-18)19(24)25)15(26-22-17)10-23-8-2-1-3-9-23;1-3(2)4/h4-7,11H,1-3,8-10H2,(H,24,25);3H,4H2,1-2H3. The normalized spacial score (nSPS) is 14.4. The predicted molar refractivity (Wildman–Crippen MR) is 118 cm³/mol. The van der Waals surface area contributed by atoms with Crippen molar-refractivity contribution in [1.29, 1.82) is 0 Å². The third-order valence-corrected chi connectivity index (χ3v) is 5.49. The molecule has 166 valence electrons. The summed E-state index contributed by atoms with van der Waals surface area (Å²) >= 11 is 1.24. The Hall–Kier alpha value is -2.62. The topological polar surface area (TPSA) is 105 Å². The van der Waals surface area contributed by atoms with Crippen LogP contribution in [0.1, 0.15) is 49.4 Å². The third kappa shape index (κ3) is 6.19. The number of nitrogens with two attached hydrogens (primary N) is 1. The molecule has 9 heteroatoms. The first-order valence-electron chi connectivity index (χ1n) is 10.3. The lowest BCUT2D eigenvalue weighted by molar-refractivity contribution is 0.0691. The van der Waals surface area contributed by atoms with Crippen LogP contribution in [-0.2, 0) is 6.54 Å². The second kappa shape index (κ2) is 10.6. The largest absolute Gasteiger partial charge is 0.476 e. The van der Waals surface area contributed by atoms with E-state index in [9.17, 15) is 14.3 Å². The molecule has 31 heavy (non-hydrogen) atoms. The van der Waals surface area contributed by atoms with E-state index in [0.29, 0.717) is 40.2 Å². The molecule has 1 aliphatic rings. The molecular weight excluding hydrogens is 419 g/mol. The van der Waals surface area contributed by atoms with Gasteiger partial charge in [-0.05, 0) is 56.2 Å². The average Bonchev–Trinajstić information content (AvgIpc) is 3.36. The van der Waals surface area contributed by atoms with E-state index in [4.69, 9.17) is 10.3 Å². The first-order chi connectivity index (χ1) is 14.8. The van der Waals surface area contributed by atoms with Crippen LogP contribution in [-0.4, -0.2) is 45.2 Å². The van der Waals surface area contributed by atoms with E-state index in [1.54, 1.807) is 12.1 Å². The minimum absolute atomic E-state index is 0.00909. The molecule has 0 spiro atoms. The Bertz CT molecular complexity index is 992. The second-order valence-electron chi connectivity index (χ2n) is 7.76. The number of nitrogens with zero attached hydrogens (tertiary/aromatic N) is 3. The maximum Gasteiger partial charge on any atom is 0.355 e. The fraction of sp³-hybridized carbons (Fsp3) is 0.409. The van der Waals surface area contributed by atoms with Gasteiger partial charge in [-0.15, -0.1) is 11.3 Å². The van der Waals surface area contributed by atoms with Crippen molar-refractivity contribution in [2.24, 2.45) is 5.73 Å². The second-order valence-corrected chi connectivity index (χ2v) is 8.62. The van der Waals surface area contributed by atoms with Gasteiger partial charge >= 0.3 is 5.97 Å². The fourth-order valence-corrected chi connectivity index (χ4v) is 4.12. The van der Waals surface area contributed by atoms with E-state index in [0.717, 1.165) is 25.9 Å². The highest BCUT2D eigenvalue weighted by molar-refractivity contribution is 7.13. The molecule has 7 nitrogen and oxygen atoms in total. The van der Waals surface area contributed by atoms with Gasteiger partial charge in [0.15, 0.2) is 11.5 Å². The number of benzene rings is 1. The van der Waals surface area contributed by atoms with Crippen LogP contribution >= 0.6 is 11.3 Å². The van der Waals surface area contributed by atoms with E-state index in [-0.39, 0.29) is 11.5 Å². The summed E-state index contributed by atoms with van der Waals surface area (Å²) < 4.78 is 18.9. The molecule has 1 aliphatic heterocycles. The first-order valence-corrected chi connectivity index (χ1v) is 11.1. The van der Waals surface area contributed by atoms with Crippen molar-refractivity contribution in [2.75, 3.05) is 13.1 Å². The van der Waals surface area contributed by atoms with E-state index in [2.05, 4.69) is 15.0 Å². The molecule has 0 bridgehead atoms. The number of carboxylic acids is 1. The van der Waals surface area contributed by atoms with Gasteiger partial charge < -0.3 is 15.4 Å². The smallest absolute Gasteiger partial charge is 0.355 e. The van der Waals surface area contributed by atoms with Crippen molar-refractivity contribution >= 4 is 17.3 Å². The summed E-state index contributed by atoms with van der Waals surface area (Å²) in [6.45, 7) is 6.46. The van der Waals surface area contributed by atoms with Crippen LogP contribution in [0.3, 0.4) is 0 Å². The summed E-state index contributed by atoms with van der Waals surface area (Å²) in [7, 11) is 0. The summed E-state index contributed by atoms with van der Waals surface area (Å²) in [5, 5.41) is 15.5. The average molecular weight is 447 g/mol. The molecule has 1 saturated heterocycles. The predicted octanol–water partition coefficient (Wildman–Crippen LogP) is 4.64. The molecule has 0 atom stereocenters. The number of rotatable bonds is 5. The van der Waals surface area contributed by atoms with Crippen molar-refractivity contribution in [3.63, 3.8) is 0 Å². The Kier molecular flexibility index (Phi) is 7.89. The van der Waals surface area contributed by atoms with Crippen molar-refractivity contribution < 1.29 is 18.8 Å². The lowest BCUT2D eigenvalue weighted by Crippen LogP contribution is -2.29. The lowest BCUT2D eigenvalue weighted by Gasteiger charge is -2.25. The molecule has 0 radical (unpaired) electrons. The zero-order chi connectivity index (χ0) is 22.4. The summed E-state index contributed by atoms with van der Waals surface area (Å²) in [6, 6.07) is 6.32. The van der Waals surface area contributed by atoms with Crippen LogP contribution in [0, 0.1) is 5.82 Å². The van der Waals surface area contributed by atoms with Gasteiger partial charge in [-0.25, -0.2) is 14.2 Å². The van der Waals surface area contributed by atoms with E-state index >= 15 is 0 Å². The highest BCUT2D eigenvalue weighted by Crippen LogP contribution is 2.37. The molecule has 0 amide bonds. The van der Waals surface area contributed by atoms with Crippen LogP contribution in [0.4, 0.5) is 4.39 Å². The monoisotopic (exact) mass is 446 g/mol. The van der Waals surface area contributed by atoms with Gasteiger partial charge in [-0.3, -0.25) is 4.90 Å². The quantitative estimate of drug-likeness (QED) is 0.588. The third-order valence-electron chi connectivity index (χ3n) is 4.63. The Balaban J connectivity index is 0.000000628. The molecule has 0 unspecified atom stereocenters. The van der Waals surface area contributed by atoms with Crippen LogP contribution < -0.4 is 5.73 Å². The van der Waals surface area contributed by atoms with Crippen LogP contribution in [0.15, 0.2) is 34.2 Å². The molecule has 0 saturated carbocycles. The van der Waals surface area contributed by atoms with Gasteiger partial charge in [-0.1, -0.05) is 25.4 Å². The minimum Gasteiger partial charge on any atom is -0.476 e. The lowest BCUT2D eigenvalue weighted by atomic mass is 10.1. The zero-order valence-electron chi connectivity index (χ0n) is 17.7. The van der Waals surface area contributed by atoms with Crippen molar-refractivity contribution in [3.8, 4) is 21.8 Å². The number of carboxylic acid groups (broad SMARTS) is 1. The maximum absolute atomic E-state index is 13.3. The molecule has 3 N–H and O–H groups in total. The molecule has 2 aromatic heterocycles. The van der Waals surface area contributed by atoms with Crippen molar-refractivity contribution in [1.82, 2.24) is 15.0 Å². The number of thiazole rings is 1. The highest BCUT2D eigenvalue weighted by atomic mass is 32.1. The Morgan fingerprint density at radius 2 is 1.90 bits per heavy atom. The molecule has 1 fully saturated rings. The number of carbonyl (C=O) groups is 1. The highest BCUT2D eigenvalue weighted by Gasteiger charge is 2.25. The van der Waals surface area contributed by atoms with Crippen molar-refractivity contribution in [2.45, 2.75) is 45.7 Å². The molecule has 3 aromatic rings. The Morgan fingerprint density at radius 3 is 2.48 bits per heavy atom. The van der Waals surface area contributed by atoms with Gasteiger partial charge in [0.1, 0.15) is 16.5 Å². The molecule has 3 heterocycles. The Labute approximate surface area is 184 Å². The number of hydrogen-bond acceptors (Lipinski definition) is 7. The van der Waals surface area contributed by atoms with Gasteiger partial charge in [0, 0.05) is 10.9 Å². The van der Waals surface area contributed by atoms with Crippen LogP contribution in [0.5, 0.6) is 0 Å². The van der Waals surface area contributed by atoms with Gasteiger partial charge in [0.2, 0.25) is 0 Å². The minimum atomic E-state index is -1.07. The molecular formula is C22H27FN4O3S. The summed E-state index contributed by atoms with van der Waals surface area (Å²) in [5.74, 6) is -0.753. The van der Waals surface area contributed by atoms with E-state index < -0.39 is 5.97 Å². The maximum atomic E-state index is 13.3. The zero-order valence-corrected chi connectivity index (χ0v) is 18.5.